The molecule has 0 saturated heterocycles. The van der Waals surface area contributed by atoms with Crippen LogP contribution >= 0.6 is 0 Å². The van der Waals surface area contributed by atoms with Gasteiger partial charge in [0.05, 0.1) is 18.5 Å². The molecule has 2 aromatic heterocycles. The van der Waals surface area contributed by atoms with Gasteiger partial charge in [0.15, 0.2) is 11.4 Å². The third kappa shape index (κ3) is 2.81. The minimum Gasteiger partial charge on any atom is -0.454 e. The van der Waals surface area contributed by atoms with Gasteiger partial charge in [-0.1, -0.05) is 26.0 Å². The van der Waals surface area contributed by atoms with E-state index in [-0.39, 0.29) is 0 Å². The van der Waals surface area contributed by atoms with Crippen LogP contribution in [0.3, 0.4) is 0 Å². The summed E-state index contributed by atoms with van der Waals surface area (Å²) in [5, 5.41) is 11.5. The summed E-state index contributed by atoms with van der Waals surface area (Å²) in [6.45, 7) is 11.1. The lowest BCUT2D eigenvalue weighted by Gasteiger charge is -2.08. The Morgan fingerprint density at radius 3 is 2.57 bits per heavy atom. The molecule has 3 aromatic rings. The molecule has 0 fully saturated rings. The number of rotatable bonds is 5. The van der Waals surface area contributed by atoms with Crippen LogP contribution in [-0.4, -0.2) is 20.0 Å². The highest BCUT2D eigenvalue weighted by Gasteiger charge is 2.19. The van der Waals surface area contributed by atoms with Crippen molar-refractivity contribution in [1.29, 1.82) is 0 Å². The van der Waals surface area contributed by atoms with Gasteiger partial charge in [0.1, 0.15) is 17.1 Å². The third-order valence-electron chi connectivity index (χ3n) is 3.58. The highest BCUT2D eigenvalue weighted by Crippen LogP contribution is 2.32. The molecule has 3 rings (SSSR count). The number of nitrogens with one attached hydrogen (secondary N) is 1. The minimum atomic E-state index is 0.595. The number of benzene rings is 1. The quantitative estimate of drug-likeness (QED) is 0.723. The summed E-state index contributed by atoms with van der Waals surface area (Å²) in [4.78, 5) is 3.39. The second kappa shape index (κ2) is 6.36. The normalized spacial score (nSPS) is 10.5. The molecule has 0 aliphatic carbocycles. The van der Waals surface area contributed by atoms with Gasteiger partial charge in [-0.3, -0.25) is 5.10 Å². The maximum Gasteiger partial charge on any atom is 0.187 e. The maximum atomic E-state index is 7.01. The summed E-state index contributed by atoms with van der Waals surface area (Å²) in [7, 11) is 0. The average Bonchev–Trinajstić information content (AvgIpc) is 3.22. The number of hydrogen-bond donors (Lipinski definition) is 1. The molecule has 6 nitrogen and oxygen atoms in total. The van der Waals surface area contributed by atoms with E-state index < -0.39 is 0 Å². The second-order valence-electron chi connectivity index (χ2n) is 5.01. The van der Waals surface area contributed by atoms with Crippen LogP contribution in [-0.2, 0) is 12.8 Å². The molecule has 1 N–H and O–H groups in total. The standard InChI is InChI=1S/C17H17N5O/c1-4-15-17(23-14-8-6-12(18-3)7-9-14)16(5-2)22(21-15)13-10-19-20-11-13/h6-11H,4-5H2,1-2H3,(H,19,20). The van der Waals surface area contributed by atoms with Crippen molar-refractivity contribution in [3.8, 4) is 17.2 Å². The smallest absolute Gasteiger partial charge is 0.187 e. The second-order valence-corrected chi connectivity index (χ2v) is 5.01. The molecule has 116 valence electrons. The van der Waals surface area contributed by atoms with E-state index in [9.17, 15) is 0 Å². The van der Waals surface area contributed by atoms with Gasteiger partial charge in [0.2, 0.25) is 0 Å². The average molecular weight is 307 g/mol. The Bertz CT molecular complexity index is 825. The van der Waals surface area contributed by atoms with Gasteiger partial charge in [0.25, 0.3) is 0 Å². The Morgan fingerprint density at radius 2 is 2.00 bits per heavy atom. The molecule has 0 aliphatic rings. The first kappa shape index (κ1) is 14.9. The van der Waals surface area contributed by atoms with Gasteiger partial charge >= 0.3 is 0 Å². The van der Waals surface area contributed by atoms with Crippen LogP contribution < -0.4 is 4.74 Å². The lowest BCUT2D eigenvalue weighted by Crippen LogP contribution is -2.00. The number of nitrogens with zero attached hydrogens (tertiary/aromatic N) is 4. The maximum absolute atomic E-state index is 7.01. The van der Waals surface area contributed by atoms with Crippen molar-refractivity contribution in [3.63, 3.8) is 0 Å². The fourth-order valence-corrected chi connectivity index (χ4v) is 2.43. The topological polar surface area (TPSA) is 60.1 Å². The number of H-pyrrole nitrogens is 1. The van der Waals surface area contributed by atoms with Crippen LogP contribution in [0.1, 0.15) is 25.2 Å². The summed E-state index contributed by atoms with van der Waals surface area (Å²) >= 11 is 0. The summed E-state index contributed by atoms with van der Waals surface area (Å²) < 4.78 is 7.95. The highest BCUT2D eigenvalue weighted by atomic mass is 16.5. The van der Waals surface area contributed by atoms with Crippen LogP contribution in [0, 0.1) is 6.57 Å². The largest absolute Gasteiger partial charge is 0.454 e. The zero-order chi connectivity index (χ0) is 16.2. The molecule has 1 aromatic carbocycles. The van der Waals surface area contributed by atoms with Crippen LogP contribution in [0.4, 0.5) is 5.69 Å². The summed E-state index contributed by atoms with van der Waals surface area (Å²) in [6.07, 6.45) is 5.10. The molecule has 0 bridgehead atoms. The molecule has 6 heteroatoms. The van der Waals surface area contributed by atoms with Crippen molar-refractivity contribution in [1.82, 2.24) is 20.0 Å². The van der Waals surface area contributed by atoms with Gasteiger partial charge in [0, 0.05) is 6.20 Å². The molecule has 0 atom stereocenters. The van der Waals surface area contributed by atoms with Gasteiger partial charge in [-0.05, 0) is 25.0 Å². The van der Waals surface area contributed by atoms with E-state index in [1.54, 1.807) is 36.7 Å². The Morgan fingerprint density at radius 1 is 1.22 bits per heavy atom. The molecular formula is C17H17N5O. The first-order valence-electron chi connectivity index (χ1n) is 7.52. The lowest BCUT2D eigenvalue weighted by molar-refractivity contribution is 0.470. The van der Waals surface area contributed by atoms with E-state index in [2.05, 4.69) is 34.0 Å². The molecule has 23 heavy (non-hydrogen) atoms. The first-order valence-corrected chi connectivity index (χ1v) is 7.52. The van der Waals surface area contributed by atoms with E-state index in [4.69, 9.17) is 11.3 Å². The zero-order valence-corrected chi connectivity index (χ0v) is 13.1. The van der Waals surface area contributed by atoms with Gasteiger partial charge in [-0.25, -0.2) is 9.53 Å². The molecule has 2 heterocycles. The Kier molecular flexibility index (Phi) is 4.11. The van der Waals surface area contributed by atoms with Crippen molar-refractivity contribution >= 4 is 5.69 Å². The van der Waals surface area contributed by atoms with Crippen molar-refractivity contribution in [3.05, 3.63) is 59.5 Å². The molecular weight excluding hydrogens is 290 g/mol. The fourth-order valence-electron chi connectivity index (χ4n) is 2.43. The van der Waals surface area contributed by atoms with E-state index in [1.165, 1.54) is 0 Å². The number of ether oxygens (including phenoxy) is 1. The fraction of sp³-hybridized carbons (Fsp3) is 0.235. The van der Waals surface area contributed by atoms with E-state index in [1.807, 2.05) is 4.68 Å². The summed E-state index contributed by atoms with van der Waals surface area (Å²) in [5.41, 5.74) is 3.38. The van der Waals surface area contributed by atoms with Crippen LogP contribution in [0.2, 0.25) is 0 Å². The molecule has 0 amide bonds. The monoisotopic (exact) mass is 307 g/mol. The van der Waals surface area contributed by atoms with Crippen molar-refractivity contribution < 1.29 is 4.74 Å². The molecule has 0 aliphatic heterocycles. The number of aryl methyl sites for hydroxylation is 1. The molecule has 0 radical (unpaired) electrons. The van der Waals surface area contributed by atoms with Crippen molar-refractivity contribution in [2.24, 2.45) is 0 Å². The Balaban J connectivity index is 2.01. The van der Waals surface area contributed by atoms with Gasteiger partial charge in [-0.2, -0.15) is 10.2 Å². The van der Waals surface area contributed by atoms with Crippen LogP contribution in [0.25, 0.3) is 10.5 Å². The highest BCUT2D eigenvalue weighted by molar-refractivity contribution is 5.49. The Hall–Kier alpha value is -3.07. The van der Waals surface area contributed by atoms with Crippen LogP contribution in [0.5, 0.6) is 11.5 Å². The van der Waals surface area contributed by atoms with E-state index >= 15 is 0 Å². The summed E-state index contributed by atoms with van der Waals surface area (Å²) in [5.74, 6) is 1.49. The SMILES string of the molecule is [C-]#[N+]c1ccc(Oc2c(CC)nn(-c3cn[nH]c3)c2CC)cc1. The molecule has 0 unspecified atom stereocenters. The van der Waals surface area contributed by atoms with Gasteiger partial charge in [-0.15, -0.1) is 0 Å². The van der Waals surface area contributed by atoms with Crippen molar-refractivity contribution in [2.45, 2.75) is 26.7 Å². The molecule has 0 saturated carbocycles. The number of aromatic nitrogens is 4. The predicted octanol–water partition coefficient (Wildman–Crippen LogP) is 4.06. The zero-order valence-electron chi connectivity index (χ0n) is 13.1. The number of hydrogen-bond acceptors (Lipinski definition) is 3. The number of aromatic amines is 1. The van der Waals surface area contributed by atoms with E-state index in [0.29, 0.717) is 11.4 Å². The Labute approximate surface area is 134 Å². The first-order chi connectivity index (χ1) is 11.3. The van der Waals surface area contributed by atoms with Gasteiger partial charge < -0.3 is 4.74 Å². The molecule has 0 spiro atoms. The predicted molar refractivity (Wildman–Crippen MR) is 87.2 cm³/mol. The van der Waals surface area contributed by atoms with E-state index in [0.717, 1.165) is 35.7 Å². The van der Waals surface area contributed by atoms with Crippen molar-refractivity contribution in [2.75, 3.05) is 0 Å². The van der Waals surface area contributed by atoms with Crippen LogP contribution in [0.15, 0.2) is 36.7 Å². The lowest BCUT2D eigenvalue weighted by atomic mass is 10.2. The third-order valence-corrected chi connectivity index (χ3v) is 3.58. The summed E-state index contributed by atoms with van der Waals surface area (Å²) in [6, 6.07) is 7.11. The minimum absolute atomic E-state index is 0.595.